The Morgan fingerprint density at radius 3 is 2.88 bits per heavy atom. The van der Waals surface area contributed by atoms with Gasteiger partial charge >= 0.3 is 0 Å². The molecule has 1 aromatic heterocycles. The lowest BCUT2D eigenvalue weighted by atomic mass is 9.80. The van der Waals surface area contributed by atoms with Gasteiger partial charge in [-0.15, -0.1) is 11.3 Å². The summed E-state index contributed by atoms with van der Waals surface area (Å²) in [6.07, 6.45) is 5.63. The minimum atomic E-state index is 0.854. The highest BCUT2D eigenvalue weighted by Crippen LogP contribution is 2.32. The van der Waals surface area contributed by atoms with Crippen molar-refractivity contribution in [1.29, 1.82) is 0 Å². The Morgan fingerprint density at radius 1 is 1.47 bits per heavy atom. The van der Waals surface area contributed by atoms with Crippen LogP contribution in [0.3, 0.4) is 0 Å². The zero-order chi connectivity index (χ0) is 12.3. The fourth-order valence-electron chi connectivity index (χ4n) is 2.56. The van der Waals surface area contributed by atoms with E-state index in [4.69, 9.17) is 11.6 Å². The summed E-state index contributed by atoms with van der Waals surface area (Å²) in [5, 5.41) is 3.57. The third kappa shape index (κ3) is 3.95. The Hall–Kier alpha value is 0.430. The van der Waals surface area contributed by atoms with Gasteiger partial charge in [0.25, 0.3) is 0 Å². The average Bonchev–Trinajstić information content (AvgIpc) is 2.61. The van der Waals surface area contributed by atoms with Gasteiger partial charge in [0.05, 0.1) is 0 Å². The second-order valence-corrected chi connectivity index (χ2v) is 7.58. The molecule has 0 bridgehead atoms. The second-order valence-electron chi connectivity index (χ2n) is 4.99. The number of hydrogen-bond donors (Lipinski definition) is 1. The molecule has 1 aliphatic rings. The number of rotatable bonds is 4. The van der Waals surface area contributed by atoms with Crippen LogP contribution in [0.1, 0.15) is 37.5 Å². The van der Waals surface area contributed by atoms with Gasteiger partial charge in [0.2, 0.25) is 0 Å². The van der Waals surface area contributed by atoms with Gasteiger partial charge in [-0.25, -0.2) is 0 Å². The number of halogens is 2. The van der Waals surface area contributed by atoms with Crippen molar-refractivity contribution in [2.75, 3.05) is 6.54 Å². The van der Waals surface area contributed by atoms with Gasteiger partial charge in [0, 0.05) is 15.9 Å². The predicted molar refractivity (Wildman–Crippen MR) is 79.9 cm³/mol. The second kappa shape index (κ2) is 6.55. The lowest BCUT2D eigenvalue weighted by Crippen LogP contribution is -2.28. The molecule has 1 aliphatic carbocycles. The number of nitrogens with one attached hydrogen (secondary N) is 1. The highest BCUT2D eigenvalue weighted by atomic mass is 79.9. The van der Waals surface area contributed by atoms with Crippen molar-refractivity contribution in [1.82, 2.24) is 5.32 Å². The smallest absolute Gasteiger partial charge is 0.107 e. The van der Waals surface area contributed by atoms with Crippen LogP contribution in [0, 0.1) is 11.8 Å². The van der Waals surface area contributed by atoms with Crippen molar-refractivity contribution >= 4 is 38.9 Å². The predicted octanol–water partition coefficient (Wildman–Crippen LogP) is 5.08. The van der Waals surface area contributed by atoms with Gasteiger partial charge in [-0.05, 0) is 46.8 Å². The molecule has 96 valence electrons. The molecule has 1 heterocycles. The zero-order valence-electron chi connectivity index (χ0n) is 10.1. The van der Waals surface area contributed by atoms with Crippen molar-refractivity contribution in [3.8, 4) is 0 Å². The molecule has 2 atom stereocenters. The highest BCUT2D eigenvalue weighted by molar-refractivity contribution is 9.10. The van der Waals surface area contributed by atoms with Crippen molar-refractivity contribution < 1.29 is 0 Å². The molecule has 0 aromatic carbocycles. The third-order valence-corrected chi connectivity index (χ3v) is 6.17. The minimum Gasteiger partial charge on any atom is -0.312 e. The monoisotopic (exact) mass is 335 g/mol. The van der Waals surface area contributed by atoms with Gasteiger partial charge < -0.3 is 5.32 Å². The van der Waals surface area contributed by atoms with E-state index in [-0.39, 0.29) is 0 Å². The number of hydrogen-bond acceptors (Lipinski definition) is 2. The summed E-state index contributed by atoms with van der Waals surface area (Å²) in [6, 6.07) is 2.12. The molecule has 1 saturated carbocycles. The first-order chi connectivity index (χ1) is 8.16. The van der Waals surface area contributed by atoms with Crippen LogP contribution in [0.25, 0.3) is 0 Å². The van der Waals surface area contributed by atoms with Crippen LogP contribution in [0.2, 0.25) is 4.34 Å². The van der Waals surface area contributed by atoms with E-state index in [0.29, 0.717) is 0 Å². The quantitative estimate of drug-likeness (QED) is 0.808. The molecule has 2 rings (SSSR count). The van der Waals surface area contributed by atoms with Gasteiger partial charge in [-0.2, -0.15) is 0 Å². The molecular formula is C13H19BrClNS. The van der Waals surface area contributed by atoms with Crippen LogP contribution in [0.15, 0.2) is 10.5 Å². The van der Waals surface area contributed by atoms with E-state index in [1.807, 2.05) is 0 Å². The third-order valence-electron chi connectivity index (χ3n) is 3.69. The maximum absolute atomic E-state index is 6.02. The largest absolute Gasteiger partial charge is 0.312 e. The average molecular weight is 337 g/mol. The zero-order valence-corrected chi connectivity index (χ0v) is 13.3. The molecule has 0 saturated heterocycles. The Bertz CT molecular complexity index is 347. The lowest BCUT2D eigenvalue weighted by Gasteiger charge is -2.28. The molecule has 0 radical (unpaired) electrons. The summed E-state index contributed by atoms with van der Waals surface area (Å²) < 4.78 is 1.87. The molecular weight excluding hydrogens is 318 g/mol. The molecule has 0 amide bonds. The Labute approximate surface area is 121 Å². The van der Waals surface area contributed by atoms with E-state index < -0.39 is 0 Å². The summed E-state index contributed by atoms with van der Waals surface area (Å²) in [5.74, 6) is 1.75. The van der Waals surface area contributed by atoms with Gasteiger partial charge in [0.15, 0.2) is 0 Å². The normalized spacial score (nSPS) is 25.1. The van der Waals surface area contributed by atoms with Gasteiger partial charge in [0.1, 0.15) is 4.34 Å². The van der Waals surface area contributed by atoms with Crippen LogP contribution in [-0.2, 0) is 6.54 Å². The Balaban J connectivity index is 1.75. The van der Waals surface area contributed by atoms with E-state index in [0.717, 1.165) is 33.7 Å². The van der Waals surface area contributed by atoms with Crippen molar-refractivity contribution in [3.05, 3.63) is 19.8 Å². The SMILES string of the molecule is CC1CCCCC1CNCc1cc(Br)c(Cl)s1. The first kappa shape index (κ1) is 13.9. The van der Waals surface area contributed by atoms with Crippen LogP contribution >= 0.6 is 38.9 Å². The number of thiophene rings is 1. The molecule has 2 unspecified atom stereocenters. The highest BCUT2D eigenvalue weighted by Gasteiger charge is 2.20. The standard InChI is InChI=1S/C13H19BrClNS/c1-9-4-2-3-5-10(9)7-16-8-11-6-12(14)13(15)17-11/h6,9-10,16H,2-5,7-8H2,1H3. The van der Waals surface area contributed by atoms with E-state index in [9.17, 15) is 0 Å². The topological polar surface area (TPSA) is 12.0 Å². The van der Waals surface area contributed by atoms with Crippen LogP contribution in [0.4, 0.5) is 0 Å². The fourth-order valence-corrected chi connectivity index (χ4v) is 4.32. The summed E-state index contributed by atoms with van der Waals surface area (Å²) >= 11 is 11.1. The van der Waals surface area contributed by atoms with E-state index in [2.05, 4.69) is 34.2 Å². The van der Waals surface area contributed by atoms with Gasteiger partial charge in [-0.1, -0.05) is 37.8 Å². The van der Waals surface area contributed by atoms with Gasteiger partial charge in [-0.3, -0.25) is 0 Å². The fraction of sp³-hybridized carbons (Fsp3) is 0.692. The Morgan fingerprint density at radius 2 is 2.24 bits per heavy atom. The van der Waals surface area contributed by atoms with Crippen molar-refractivity contribution in [2.45, 2.75) is 39.2 Å². The van der Waals surface area contributed by atoms with E-state index in [1.54, 1.807) is 11.3 Å². The summed E-state index contributed by atoms with van der Waals surface area (Å²) in [5.41, 5.74) is 0. The molecule has 1 nitrogen and oxygen atoms in total. The first-order valence-electron chi connectivity index (χ1n) is 6.31. The molecule has 0 spiro atoms. The Kier molecular flexibility index (Phi) is 5.34. The van der Waals surface area contributed by atoms with Crippen LogP contribution in [0.5, 0.6) is 0 Å². The molecule has 1 N–H and O–H groups in total. The maximum atomic E-state index is 6.02. The molecule has 1 aromatic rings. The van der Waals surface area contributed by atoms with Crippen molar-refractivity contribution in [3.63, 3.8) is 0 Å². The minimum absolute atomic E-state index is 0.854. The molecule has 1 fully saturated rings. The molecule has 0 aliphatic heterocycles. The van der Waals surface area contributed by atoms with Crippen LogP contribution in [-0.4, -0.2) is 6.54 Å². The van der Waals surface area contributed by atoms with Crippen LogP contribution < -0.4 is 5.32 Å². The molecule has 4 heteroatoms. The summed E-state index contributed by atoms with van der Waals surface area (Å²) in [4.78, 5) is 1.31. The van der Waals surface area contributed by atoms with Crippen molar-refractivity contribution in [2.24, 2.45) is 11.8 Å². The first-order valence-corrected chi connectivity index (χ1v) is 8.30. The molecule has 17 heavy (non-hydrogen) atoms. The summed E-state index contributed by atoms with van der Waals surface area (Å²) in [6.45, 7) is 4.48. The van der Waals surface area contributed by atoms with E-state index in [1.165, 1.54) is 30.6 Å². The lowest BCUT2D eigenvalue weighted by molar-refractivity contribution is 0.248. The van der Waals surface area contributed by atoms with E-state index >= 15 is 0 Å². The maximum Gasteiger partial charge on any atom is 0.107 e. The summed E-state index contributed by atoms with van der Waals surface area (Å²) in [7, 11) is 0.